The second kappa shape index (κ2) is 8.94. The largest absolute Gasteiger partial charge is 0.345 e. The molecule has 0 aromatic carbocycles. The first kappa shape index (κ1) is 22.2. The van der Waals surface area contributed by atoms with Crippen LogP contribution in [0.1, 0.15) is 43.1 Å². The number of hydrogen-bond acceptors (Lipinski definition) is 4. The number of hydrogen-bond donors (Lipinski definition) is 1. The number of halogens is 1. The molecule has 1 aromatic heterocycles. The third kappa shape index (κ3) is 4.67. The maximum atomic E-state index is 13.0. The molecule has 1 unspecified atom stereocenters. The minimum absolute atomic E-state index is 0. The van der Waals surface area contributed by atoms with Gasteiger partial charge in [-0.1, -0.05) is 6.92 Å². The van der Waals surface area contributed by atoms with Gasteiger partial charge in [-0.25, -0.2) is 8.42 Å². The van der Waals surface area contributed by atoms with Crippen LogP contribution in [0.5, 0.6) is 0 Å². The van der Waals surface area contributed by atoms with Gasteiger partial charge in [0.1, 0.15) is 10.6 Å². The zero-order chi connectivity index (χ0) is 18.9. The lowest BCUT2D eigenvalue weighted by Gasteiger charge is -2.31. The maximum absolute atomic E-state index is 13.0. The molecule has 2 fully saturated rings. The van der Waals surface area contributed by atoms with E-state index >= 15 is 0 Å². The van der Waals surface area contributed by atoms with Crippen molar-refractivity contribution in [3.63, 3.8) is 0 Å². The van der Waals surface area contributed by atoms with Crippen molar-refractivity contribution in [3.05, 3.63) is 18.0 Å². The minimum Gasteiger partial charge on any atom is -0.345 e. The van der Waals surface area contributed by atoms with Crippen LogP contribution in [-0.2, 0) is 17.1 Å². The average molecular weight is 419 g/mol. The molecule has 0 saturated carbocycles. The van der Waals surface area contributed by atoms with Gasteiger partial charge in [-0.15, -0.1) is 12.4 Å². The van der Waals surface area contributed by atoms with Crippen molar-refractivity contribution >= 4 is 28.3 Å². The van der Waals surface area contributed by atoms with Crippen LogP contribution in [0.25, 0.3) is 0 Å². The summed E-state index contributed by atoms with van der Waals surface area (Å²) < 4.78 is 29.1. The van der Waals surface area contributed by atoms with Crippen molar-refractivity contribution < 1.29 is 13.2 Å². The Kier molecular flexibility index (Phi) is 7.35. The van der Waals surface area contributed by atoms with Crippen molar-refractivity contribution in [3.8, 4) is 0 Å². The smallest absolute Gasteiger partial charge is 0.270 e. The fraction of sp³-hybridized carbons (Fsp3) is 0.722. The van der Waals surface area contributed by atoms with E-state index in [1.165, 1.54) is 0 Å². The van der Waals surface area contributed by atoms with Gasteiger partial charge in [0, 0.05) is 45.5 Å². The lowest BCUT2D eigenvalue weighted by Crippen LogP contribution is -2.44. The third-order valence-corrected chi connectivity index (χ3v) is 7.48. The Balaban J connectivity index is 0.00000261. The van der Waals surface area contributed by atoms with Crippen LogP contribution in [-0.4, -0.2) is 67.4 Å². The van der Waals surface area contributed by atoms with Gasteiger partial charge in [0.25, 0.3) is 5.91 Å². The van der Waals surface area contributed by atoms with E-state index in [1.807, 2.05) is 11.9 Å². The van der Waals surface area contributed by atoms with Crippen LogP contribution in [0, 0.1) is 5.92 Å². The Morgan fingerprint density at radius 1 is 1.19 bits per heavy atom. The molecule has 2 aliphatic heterocycles. The quantitative estimate of drug-likeness (QED) is 0.807. The van der Waals surface area contributed by atoms with E-state index in [0.29, 0.717) is 43.8 Å². The number of carbonyl (C=O) groups is 1. The van der Waals surface area contributed by atoms with Crippen LogP contribution >= 0.6 is 12.4 Å². The molecule has 3 heterocycles. The standard InChI is InChI=1S/C18H30N4O3S.ClH/c1-14-5-4-8-22(12-14)26(24,25)16-11-17(20(3)13-16)18(23)21-9-6-15(19-2)7-10-21;/h11,13-15,19H,4-10,12H2,1-3H3;1H. The Bertz CT molecular complexity index is 757. The first-order chi connectivity index (χ1) is 12.3. The minimum atomic E-state index is -3.54. The van der Waals surface area contributed by atoms with Gasteiger partial charge in [0.15, 0.2) is 0 Å². The Labute approximate surface area is 168 Å². The summed E-state index contributed by atoms with van der Waals surface area (Å²) in [6.45, 7) is 4.58. The molecule has 0 bridgehead atoms. The van der Waals surface area contributed by atoms with Gasteiger partial charge >= 0.3 is 0 Å². The molecule has 1 N–H and O–H groups in total. The van der Waals surface area contributed by atoms with Crippen LogP contribution in [0.15, 0.2) is 17.2 Å². The molecule has 2 aliphatic rings. The van der Waals surface area contributed by atoms with Crippen LogP contribution < -0.4 is 5.32 Å². The molecular weight excluding hydrogens is 388 g/mol. The Morgan fingerprint density at radius 3 is 2.44 bits per heavy atom. The Hall–Kier alpha value is -1.09. The number of nitrogens with zero attached hydrogens (tertiary/aromatic N) is 3. The number of likely N-dealkylation sites (tertiary alicyclic amines) is 1. The highest BCUT2D eigenvalue weighted by atomic mass is 35.5. The molecule has 154 valence electrons. The average Bonchev–Trinajstić information content (AvgIpc) is 3.03. The second-order valence-electron chi connectivity index (χ2n) is 7.64. The lowest BCUT2D eigenvalue weighted by molar-refractivity contribution is 0.0697. The van der Waals surface area contributed by atoms with Gasteiger partial charge in [-0.05, 0) is 44.7 Å². The number of rotatable bonds is 4. The van der Waals surface area contributed by atoms with E-state index in [2.05, 4.69) is 12.2 Å². The van der Waals surface area contributed by atoms with E-state index in [4.69, 9.17) is 0 Å². The molecule has 1 atom stereocenters. The van der Waals surface area contributed by atoms with Crippen LogP contribution in [0.2, 0.25) is 0 Å². The summed E-state index contributed by atoms with van der Waals surface area (Å²) in [4.78, 5) is 14.9. The van der Waals surface area contributed by atoms with Gasteiger partial charge in [0.2, 0.25) is 10.0 Å². The molecule has 1 amide bonds. The van der Waals surface area contributed by atoms with Crippen molar-refractivity contribution in [1.29, 1.82) is 0 Å². The number of amides is 1. The first-order valence-corrected chi connectivity index (χ1v) is 10.9. The summed E-state index contributed by atoms with van der Waals surface area (Å²) in [5, 5.41) is 3.25. The Morgan fingerprint density at radius 2 is 1.85 bits per heavy atom. The van der Waals surface area contributed by atoms with E-state index < -0.39 is 10.0 Å². The van der Waals surface area contributed by atoms with Crippen molar-refractivity contribution in [2.45, 2.75) is 43.5 Å². The SMILES string of the molecule is CNC1CCN(C(=O)c2cc(S(=O)(=O)N3CCCC(C)C3)cn2C)CC1.Cl. The van der Waals surface area contributed by atoms with Crippen LogP contribution in [0.3, 0.4) is 0 Å². The molecule has 1 aromatic rings. The molecular formula is C18H31ClN4O3S. The fourth-order valence-corrected chi connectivity index (χ4v) is 5.61. The molecule has 2 saturated heterocycles. The summed E-state index contributed by atoms with van der Waals surface area (Å²) in [6, 6.07) is 1.99. The van der Waals surface area contributed by atoms with E-state index in [1.54, 1.807) is 28.2 Å². The zero-order valence-corrected chi connectivity index (χ0v) is 18.0. The predicted molar refractivity (Wildman–Crippen MR) is 108 cm³/mol. The summed E-state index contributed by atoms with van der Waals surface area (Å²) >= 11 is 0. The van der Waals surface area contributed by atoms with E-state index in [-0.39, 0.29) is 23.2 Å². The van der Waals surface area contributed by atoms with Crippen molar-refractivity contribution in [2.75, 3.05) is 33.2 Å². The first-order valence-electron chi connectivity index (χ1n) is 9.46. The summed E-state index contributed by atoms with van der Waals surface area (Å²) in [5.41, 5.74) is 0.441. The number of piperidine rings is 2. The summed E-state index contributed by atoms with van der Waals surface area (Å²) in [5.74, 6) is 0.285. The highest BCUT2D eigenvalue weighted by molar-refractivity contribution is 7.89. The molecule has 0 aliphatic carbocycles. The van der Waals surface area contributed by atoms with Gasteiger partial charge in [-0.3, -0.25) is 4.79 Å². The van der Waals surface area contributed by atoms with Gasteiger partial charge in [0.05, 0.1) is 0 Å². The molecule has 7 nitrogen and oxygen atoms in total. The van der Waals surface area contributed by atoms with Crippen molar-refractivity contribution in [1.82, 2.24) is 19.1 Å². The molecule has 3 rings (SSSR count). The normalized spacial score (nSPS) is 22.5. The monoisotopic (exact) mass is 418 g/mol. The third-order valence-electron chi connectivity index (χ3n) is 5.65. The fourth-order valence-electron chi connectivity index (χ4n) is 3.93. The molecule has 27 heavy (non-hydrogen) atoms. The molecule has 9 heteroatoms. The predicted octanol–water partition coefficient (Wildman–Crippen LogP) is 1.69. The molecule has 0 spiro atoms. The number of nitrogens with one attached hydrogen (secondary N) is 1. The second-order valence-corrected chi connectivity index (χ2v) is 9.58. The van der Waals surface area contributed by atoms with Crippen molar-refractivity contribution in [2.24, 2.45) is 13.0 Å². The topological polar surface area (TPSA) is 74.7 Å². The number of carbonyl (C=O) groups excluding carboxylic acids is 1. The highest BCUT2D eigenvalue weighted by Crippen LogP contribution is 2.25. The van der Waals surface area contributed by atoms with E-state index in [0.717, 1.165) is 25.7 Å². The molecule has 0 radical (unpaired) electrons. The number of sulfonamides is 1. The summed E-state index contributed by atoms with van der Waals surface area (Å²) in [7, 11) is 0.142. The number of aromatic nitrogens is 1. The highest BCUT2D eigenvalue weighted by Gasteiger charge is 2.31. The zero-order valence-electron chi connectivity index (χ0n) is 16.3. The number of aryl methyl sites for hydroxylation is 1. The van der Waals surface area contributed by atoms with Gasteiger partial charge in [-0.2, -0.15) is 4.31 Å². The maximum Gasteiger partial charge on any atom is 0.270 e. The van der Waals surface area contributed by atoms with E-state index in [9.17, 15) is 13.2 Å². The lowest BCUT2D eigenvalue weighted by atomic mass is 10.0. The summed E-state index contributed by atoms with van der Waals surface area (Å²) in [6.07, 6.45) is 5.36. The van der Waals surface area contributed by atoms with Gasteiger partial charge < -0.3 is 14.8 Å². The van der Waals surface area contributed by atoms with Crippen LogP contribution in [0.4, 0.5) is 0 Å².